The maximum atomic E-state index is 12.3. The molecule has 0 aliphatic carbocycles. The lowest BCUT2D eigenvalue weighted by molar-refractivity contribution is -0.385. The molecular formula is C9H9F3N2O2. The van der Waals surface area contributed by atoms with Gasteiger partial charge in [-0.3, -0.25) is 10.1 Å². The molecule has 0 aliphatic heterocycles. The Morgan fingerprint density at radius 2 is 2.06 bits per heavy atom. The molecule has 4 nitrogen and oxygen atoms in total. The predicted molar refractivity (Wildman–Crippen MR) is 50.9 cm³/mol. The van der Waals surface area contributed by atoms with Gasteiger partial charge in [0.2, 0.25) is 0 Å². The van der Waals surface area contributed by atoms with E-state index in [4.69, 9.17) is 0 Å². The Hall–Kier alpha value is -1.63. The maximum Gasteiger partial charge on any atom is 0.416 e. The van der Waals surface area contributed by atoms with Gasteiger partial charge in [-0.05, 0) is 13.1 Å². The van der Waals surface area contributed by atoms with Crippen molar-refractivity contribution in [2.75, 3.05) is 7.05 Å². The first kappa shape index (κ1) is 12.4. The molecule has 0 radical (unpaired) electrons. The number of hydrogen-bond donors (Lipinski definition) is 1. The number of nitro benzene ring substituents is 1. The van der Waals surface area contributed by atoms with Crippen LogP contribution in [0.15, 0.2) is 18.2 Å². The van der Waals surface area contributed by atoms with E-state index in [0.29, 0.717) is 6.07 Å². The highest BCUT2D eigenvalue weighted by molar-refractivity contribution is 5.44. The summed E-state index contributed by atoms with van der Waals surface area (Å²) in [5.41, 5.74) is -1.32. The van der Waals surface area contributed by atoms with Gasteiger partial charge in [0.05, 0.1) is 10.5 Å². The van der Waals surface area contributed by atoms with E-state index in [2.05, 4.69) is 5.32 Å². The summed E-state index contributed by atoms with van der Waals surface area (Å²) < 4.78 is 36.9. The second-order valence-corrected chi connectivity index (χ2v) is 3.13. The van der Waals surface area contributed by atoms with Crippen molar-refractivity contribution in [3.63, 3.8) is 0 Å². The predicted octanol–water partition coefficient (Wildman–Crippen LogP) is 2.33. The Morgan fingerprint density at radius 3 is 2.50 bits per heavy atom. The molecule has 0 aliphatic rings. The fourth-order valence-corrected chi connectivity index (χ4v) is 1.25. The molecule has 1 N–H and O–H groups in total. The molecule has 0 saturated carbocycles. The zero-order valence-electron chi connectivity index (χ0n) is 8.34. The molecule has 0 heterocycles. The first-order valence-corrected chi connectivity index (χ1v) is 4.35. The van der Waals surface area contributed by atoms with Crippen LogP contribution < -0.4 is 5.32 Å². The number of hydrogen-bond acceptors (Lipinski definition) is 3. The Balaban J connectivity index is 3.23. The molecular weight excluding hydrogens is 225 g/mol. The van der Waals surface area contributed by atoms with Crippen LogP contribution in [0.3, 0.4) is 0 Å². The van der Waals surface area contributed by atoms with Crippen molar-refractivity contribution in [2.45, 2.75) is 12.7 Å². The van der Waals surface area contributed by atoms with Crippen molar-refractivity contribution in [1.29, 1.82) is 0 Å². The topological polar surface area (TPSA) is 55.2 Å². The smallest absolute Gasteiger partial charge is 0.315 e. The van der Waals surface area contributed by atoms with E-state index in [9.17, 15) is 23.3 Å². The number of nitrogens with zero attached hydrogens (tertiary/aromatic N) is 1. The van der Waals surface area contributed by atoms with Crippen molar-refractivity contribution in [1.82, 2.24) is 5.32 Å². The number of halogens is 3. The standard InChI is InChI=1S/C9H9F3N2O2/c1-13-5-6-2-3-7(9(10,11)12)4-8(6)14(15)16/h2-4,13H,5H2,1H3. The normalized spacial score (nSPS) is 11.5. The molecule has 0 amide bonds. The lowest BCUT2D eigenvalue weighted by Crippen LogP contribution is -2.10. The number of nitrogens with one attached hydrogen (secondary N) is 1. The minimum Gasteiger partial charge on any atom is -0.315 e. The molecule has 0 fully saturated rings. The van der Waals surface area contributed by atoms with Crippen LogP contribution in [0.4, 0.5) is 18.9 Å². The third-order valence-electron chi connectivity index (χ3n) is 1.98. The summed E-state index contributed by atoms with van der Waals surface area (Å²) in [6, 6.07) is 2.49. The molecule has 0 spiro atoms. The number of rotatable bonds is 3. The van der Waals surface area contributed by atoms with Gasteiger partial charge in [0.1, 0.15) is 0 Å². The Morgan fingerprint density at radius 1 is 1.44 bits per heavy atom. The highest BCUT2D eigenvalue weighted by atomic mass is 19.4. The molecule has 7 heteroatoms. The highest BCUT2D eigenvalue weighted by Crippen LogP contribution is 2.32. The Kier molecular flexibility index (Phi) is 3.48. The van der Waals surface area contributed by atoms with E-state index in [1.807, 2.05) is 0 Å². The summed E-state index contributed by atoms with van der Waals surface area (Å²) in [4.78, 5) is 9.77. The molecule has 1 aromatic carbocycles. The van der Waals surface area contributed by atoms with Crippen LogP contribution in [0, 0.1) is 10.1 Å². The zero-order chi connectivity index (χ0) is 12.3. The molecule has 0 aromatic heterocycles. The second kappa shape index (κ2) is 4.48. The van der Waals surface area contributed by atoms with Gasteiger partial charge in [0.15, 0.2) is 0 Å². The van der Waals surface area contributed by atoms with Crippen LogP contribution in [-0.4, -0.2) is 12.0 Å². The van der Waals surface area contributed by atoms with Crippen LogP contribution in [0.25, 0.3) is 0 Å². The zero-order valence-corrected chi connectivity index (χ0v) is 8.34. The number of alkyl halides is 3. The largest absolute Gasteiger partial charge is 0.416 e. The Labute approximate surface area is 89.2 Å². The van der Waals surface area contributed by atoms with Gasteiger partial charge in [-0.25, -0.2) is 0 Å². The molecule has 88 valence electrons. The third-order valence-corrected chi connectivity index (χ3v) is 1.98. The van der Waals surface area contributed by atoms with Crippen molar-refractivity contribution < 1.29 is 18.1 Å². The first-order valence-electron chi connectivity index (χ1n) is 4.35. The van der Waals surface area contributed by atoms with Gasteiger partial charge in [-0.1, -0.05) is 6.07 Å². The minimum absolute atomic E-state index is 0.147. The van der Waals surface area contributed by atoms with Gasteiger partial charge in [0, 0.05) is 18.2 Å². The van der Waals surface area contributed by atoms with Crippen LogP contribution in [-0.2, 0) is 12.7 Å². The summed E-state index contributed by atoms with van der Waals surface area (Å²) in [5, 5.41) is 13.2. The van der Waals surface area contributed by atoms with Gasteiger partial charge in [-0.15, -0.1) is 0 Å². The summed E-state index contributed by atoms with van der Waals surface area (Å²) in [6.45, 7) is 0.147. The van der Waals surface area contributed by atoms with Crippen LogP contribution >= 0.6 is 0 Å². The van der Waals surface area contributed by atoms with Crippen LogP contribution in [0.5, 0.6) is 0 Å². The first-order chi connectivity index (χ1) is 7.36. The van der Waals surface area contributed by atoms with Crippen molar-refractivity contribution in [3.8, 4) is 0 Å². The summed E-state index contributed by atoms with van der Waals surface area (Å²) in [7, 11) is 1.56. The van der Waals surface area contributed by atoms with Gasteiger partial charge < -0.3 is 5.32 Å². The molecule has 0 atom stereocenters. The average molecular weight is 234 g/mol. The number of nitro groups is 1. The van der Waals surface area contributed by atoms with Crippen LogP contribution in [0.1, 0.15) is 11.1 Å². The Bertz CT molecular complexity index is 404. The van der Waals surface area contributed by atoms with E-state index >= 15 is 0 Å². The second-order valence-electron chi connectivity index (χ2n) is 3.13. The van der Waals surface area contributed by atoms with E-state index in [1.54, 1.807) is 7.05 Å². The van der Waals surface area contributed by atoms with Crippen molar-refractivity contribution in [2.24, 2.45) is 0 Å². The SMILES string of the molecule is CNCc1ccc(C(F)(F)F)cc1[N+](=O)[O-]. The minimum atomic E-state index is -4.57. The summed E-state index contributed by atoms with van der Waals surface area (Å²) in [5.74, 6) is 0. The molecule has 0 saturated heterocycles. The van der Waals surface area contributed by atoms with Crippen molar-refractivity contribution in [3.05, 3.63) is 39.4 Å². The van der Waals surface area contributed by atoms with Crippen LogP contribution in [0.2, 0.25) is 0 Å². The van der Waals surface area contributed by atoms with Gasteiger partial charge in [-0.2, -0.15) is 13.2 Å². The quantitative estimate of drug-likeness (QED) is 0.645. The summed E-state index contributed by atoms with van der Waals surface area (Å²) in [6.07, 6.45) is -4.57. The average Bonchev–Trinajstić information content (AvgIpc) is 2.16. The van der Waals surface area contributed by atoms with Gasteiger partial charge >= 0.3 is 6.18 Å². The third kappa shape index (κ3) is 2.69. The van der Waals surface area contributed by atoms with E-state index in [-0.39, 0.29) is 12.1 Å². The molecule has 0 bridgehead atoms. The van der Waals surface area contributed by atoms with E-state index < -0.39 is 22.4 Å². The van der Waals surface area contributed by atoms with E-state index in [0.717, 1.165) is 12.1 Å². The highest BCUT2D eigenvalue weighted by Gasteiger charge is 2.32. The molecule has 1 rings (SSSR count). The molecule has 16 heavy (non-hydrogen) atoms. The lowest BCUT2D eigenvalue weighted by Gasteiger charge is -2.08. The monoisotopic (exact) mass is 234 g/mol. The maximum absolute atomic E-state index is 12.3. The fourth-order valence-electron chi connectivity index (χ4n) is 1.25. The van der Waals surface area contributed by atoms with Crippen molar-refractivity contribution >= 4 is 5.69 Å². The number of benzene rings is 1. The lowest BCUT2D eigenvalue weighted by atomic mass is 10.1. The molecule has 1 aromatic rings. The van der Waals surface area contributed by atoms with Gasteiger partial charge in [0.25, 0.3) is 5.69 Å². The van der Waals surface area contributed by atoms with E-state index in [1.165, 1.54) is 0 Å². The molecule has 0 unspecified atom stereocenters. The summed E-state index contributed by atoms with van der Waals surface area (Å²) >= 11 is 0. The fraction of sp³-hybridized carbons (Fsp3) is 0.333.